The van der Waals surface area contributed by atoms with Crippen LogP contribution in [0.25, 0.3) is 0 Å². The summed E-state index contributed by atoms with van der Waals surface area (Å²) in [6, 6.07) is 17.9. The Morgan fingerprint density at radius 3 is 2.53 bits per heavy atom. The van der Waals surface area contributed by atoms with Crippen LogP contribution in [0.2, 0.25) is 0 Å². The minimum atomic E-state index is -1.09. The minimum absolute atomic E-state index is 0.00360. The monoisotopic (exact) mass is 519 g/mol. The number of fused-ring (bicyclic) bond motifs is 4. The van der Waals surface area contributed by atoms with Gasteiger partial charge in [0.1, 0.15) is 6.10 Å². The molecule has 0 amide bonds. The fourth-order valence-electron chi connectivity index (χ4n) is 6.32. The maximum absolute atomic E-state index is 13.6. The first-order valence-corrected chi connectivity index (χ1v) is 12.6. The number of carbonyl (C=O) groups excluding carboxylic acids is 2. The van der Waals surface area contributed by atoms with E-state index in [0.29, 0.717) is 12.0 Å². The Labute approximate surface area is 207 Å². The zero-order chi connectivity index (χ0) is 23.7. The lowest BCUT2D eigenvalue weighted by atomic mass is 9.60. The number of esters is 1. The van der Waals surface area contributed by atoms with Gasteiger partial charge in [-0.05, 0) is 61.2 Å². The molecule has 4 aliphatic rings. The van der Waals surface area contributed by atoms with Crippen LogP contribution in [0.5, 0.6) is 0 Å². The maximum atomic E-state index is 13.6. The molecule has 2 heterocycles. The molecule has 5 nitrogen and oxygen atoms in total. The Morgan fingerprint density at radius 2 is 1.79 bits per heavy atom. The molecule has 6 heteroatoms. The standard InChI is InChI=1S/C28H26BrNO4/c1-17-23(31)13-15-27(2)14-12-21-25(24(17)27)33-26(32)28(21)16-22(18-8-10-19(29)11-9-18)30(34-28)20-6-4-3-5-7-20/h3-11,13,15,21-22,25H,12,14,16H2,1-2H3/t21-,22-,25+,27+,28+/m1/s1. The van der Waals surface area contributed by atoms with Crippen LogP contribution in [0.4, 0.5) is 5.69 Å². The van der Waals surface area contributed by atoms with Crippen LogP contribution >= 0.6 is 15.9 Å². The van der Waals surface area contributed by atoms with Gasteiger partial charge in [-0.3, -0.25) is 9.63 Å². The van der Waals surface area contributed by atoms with Crippen molar-refractivity contribution in [2.45, 2.75) is 50.9 Å². The molecule has 3 fully saturated rings. The Hall–Kier alpha value is -2.70. The summed E-state index contributed by atoms with van der Waals surface area (Å²) in [5, 5.41) is 1.88. The third-order valence-corrected chi connectivity index (χ3v) is 8.63. The molecule has 0 bridgehead atoms. The molecule has 1 saturated carbocycles. The molecule has 1 spiro atoms. The predicted molar refractivity (Wildman–Crippen MR) is 132 cm³/mol. The van der Waals surface area contributed by atoms with Crippen molar-refractivity contribution < 1.29 is 19.2 Å². The summed E-state index contributed by atoms with van der Waals surface area (Å²) in [7, 11) is 0. The molecule has 5 atom stereocenters. The number of hydrogen-bond acceptors (Lipinski definition) is 5. The first-order chi connectivity index (χ1) is 16.3. The Morgan fingerprint density at radius 1 is 1.06 bits per heavy atom. The number of ketones is 1. The van der Waals surface area contributed by atoms with Crippen molar-refractivity contribution in [1.82, 2.24) is 0 Å². The zero-order valence-electron chi connectivity index (χ0n) is 19.2. The number of ether oxygens (including phenoxy) is 1. The molecule has 0 N–H and O–H groups in total. The molecule has 2 aromatic rings. The van der Waals surface area contributed by atoms with Gasteiger partial charge in [0.2, 0.25) is 5.60 Å². The molecule has 0 unspecified atom stereocenters. The van der Waals surface area contributed by atoms with Gasteiger partial charge in [0.25, 0.3) is 0 Å². The SMILES string of the molecule is CC1=C2[C@H]3OC(=O)[C@]4(C[C@H](c5ccc(Br)cc5)N(c5ccccc5)O4)[C@@H]3CC[C@@]2(C)C=CC1=O. The summed E-state index contributed by atoms with van der Waals surface area (Å²) in [5.74, 6) is -0.477. The number of carbonyl (C=O) groups is 2. The van der Waals surface area contributed by atoms with Crippen molar-refractivity contribution in [2.24, 2.45) is 11.3 Å². The number of nitrogens with zero attached hydrogens (tertiary/aromatic N) is 1. The van der Waals surface area contributed by atoms with Crippen molar-refractivity contribution in [2.75, 3.05) is 5.06 Å². The average Bonchev–Trinajstić information content (AvgIpc) is 3.36. The highest BCUT2D eigenvalue weighted by Crippen LogP contribution is 2.59. The number of hydroxylamine groups is 1. The van der Waals surface area contributed by atoms with Crippen molar-refractivity contribution in [1.29, 1.82) is 0 Å². The van der Waals surface area contributed by atoms with E-state index in [2.05, 4.69) is 35.0 Å². The largest absolute Gasteiger partial charge is 0.455 e. The number of rotatable bonds is 2. The summed E-state index contributed by atoms with van der Waals surface area (Å²) < 4.78 is 7.10. The lowest BCUT2D eigenvalue weighted by Gasteiger charge is -2.44. The third-order valence-electron chi connectivity index (χ3n) is 8.10. The second-order valence-electron chi connectivity index (χ2n) is 10.0. The van der Waals surface area contributed by atoms with Gasteiger partial charge in [0.05, 0.1) is 11.7 Å². The molecule has 0 radical (unpaired) electrons. The van der Waals surface area contributed by atoms with E-state index in [1.807, 2.05) is 60.5 Å². The molecular weight excluding hydrogens is 494 g/mol. The lowest BCUT2D eigenvalue weighted by molar-refractivity contribution is -0.157. The highest BCUT2D eigenvalue weighted by atomic mass is 79.9. The minimum Gasteiger partial charge on any atom is -0.455 e. The average molecular weight is 520 g/mol. The van der Waals surface area contributed by atoms with E-state index in [-0.39, 0.29) is 29.1 Å². The third kappa shape index (κ3) is 3.08. The quantitative estimate of drug-likeness (QED) is 0.464. The molecule has 34 heavy (non-hydrogen) atoms. The smallest absolute Gasteiger partial charge is 0.342 e. The van der Waals surface area contributed by atoms with Crippen LogP contribution in [0.15, 0.2) is 82.4 Å². The van der Waals surface area contributed by atoms with Gasteiger partial charge >= 0.3 is 5.97 Å². The summed E-state index contributed by atoms with van der Waals surface area (Å²) >= 11 is 3.52. The van der Waals surface area contributed by atoms with E-state index in [1.165, 1.54) is 0 Å². The summed E-state index contributed by atoms with van der Waals surface area (Å²) in [6.45, 7) is 4.00. The summed E-state index contributed by atoms with van der Waals surface area (Å²) in [4.78, 5) is 32.9. The fourth-order valence-corrected chi connectivity index (χ4v) is 6.58. The first kappa shape index (κ1) is 21.8. The summed E-state index contributed by atoms with van der Waals surface area (Å²) in [5.41, 5.74) is 2.27. The van der Waals surface area contributed by atoms with Gasteiger partial charge in [0.15, 0.2) is 5.78 Å². The zero-order valence-corrected chi connectivity index (χ0v) is 20.7. The normalized spacial score (nSPS) is 34.4. The molecule has 174 valence electrons. The molecule has 2 saturated heterocycles. The lowest BCUT2D eigenvalue weighted by Crippen LogP contribution is -2.47. The van der Waals surface area contributed by atoms with Crippen LogP contribution in [0, 0.1) is 11.3 Å². The molecule has 2 aliphatic carbocycles. The Balaban J connectivity index is 1.43. The molecule has 6 rings (SSSR count). The number of para-hydroxylation sites is 1. The molecule has 2 aliphatic heterocycles. The highest BCUT2D eigenvalue weighted by Gasteiger charge is 2.67. The fraction of sp³-hybridized carbons (Fsp3) is 0.357. The van der Waals surface area contributed by atoms with Crippen molar-refractivity contribution in [3.8, 4) is 0 Å². The first-order valence-electron chi connectivity index (χ1n) is 11.8. The van der Waals surface area contributed by atoms with Gasteiger partial charge < -0.3 is 4.74 Å². The van der Waals surface area contributed by atoms with Gasteiger partial charge in [-0.25, -0.2) is 9.86 Å². The van der Waals surface area contributed by atoms with Crippen LogP contribution in [0.1, 0.15) is 44.7 Å². The van der Waals surface area contributed by atoms with Crippen molar-refractivity contribution in [3.05, 3.63) is 87.9 Å². The van der Waals surface area contributed by atoms with Crippen LogP contribution in [-0.2, 0) is 19.2 Å². The Bertz CT molecular complexity index is 1240. The van der Waals surface area contributed by atoms with Crippen LogP contribution in [0.3, 0.4) is 0 Å². The molecular formula is C28H26BrNO4. The van der Waals surface area contributed by atoms with Gasteiger partial charge in [-0.15, -0.1) is 0 Å². The Kier molecular flexibility index (Phi) is 4.91. The van der Waals surface area contributed by atoms with Crippen molar-refractivity contribution in [3.63, 3.8) is 0 Å². The topological polar surface area (TPSA) is 55.8 Å². The molecule has 0 aromatic heterocycles. The second kappa shape index (κ2) is 7.65. The number of benzene rings is 2. The second-order valence-corrected chi connectivity index (χ2v) is 11.0. The van der Waals surface area contributed by atoms with E-state index in [0.717, 1.165) is 34.1 Å². The van der Waals surface area contributed by atoms with E-state index in [4.69, 9.17) is 9.57 Å². The van der Waals surface area contributed by atoms with E-state index in [1.54, 1.807) is 6.08 Å². The van der Waals surface area contributed by atoms with Crippen LogP contribution < -0.4 is 5.06 Å². The van der Waals surface area contributed by atoms with Gasteiger partial charge in [-0.1, -0.05) is 59.3 Å². The van der Waals surface area contributed by atoms with Crippen molar-refractivity contribution >= 4 is 33.4 Å². The highest BCUT2D eigenvalue weighted by molar-refractivity contribution is 9.10. The van der Waals surface area contributed by atoms with Crippen LogP contribution in [-0.4, -0.2) is 23.5 Å². The molecule has 2 aromatic carbocycles. The maximum Gasteiger partial charge on any atom is 0.342 e. The number of hydrogen-bond donors (Lipinski definition) is 0. The number of halogens is 1. The number of allylic oxidation sites excluding steroid dienone is 3. The van der Waals surface area contributed by atoms with E-state index >= 15 is 0 Å². The van der Waals surface area contributed by atoms with E-state index < -0.39 is 11.7 Å². The van der Waals surface area contributed by atoms with E-state index in [9.17, 15) is 9.59 Å². The van der Waals surface area contributed by atoms with Gasteiger partial charge in [0, 0.05) is 27.8 Å². The predicted octanol–water partition coefficient (Wildman–Crippen LogP) is 5.87. The number of anilines is 1. The summed E-state index contributed by atoms with van der Waals surface area (Å²) in [6.07, 6.45) is 5.35. The van der Waals surface area contributed by atoms with Gasteiger partial charge in [-0.2, -0.15) is 0 Å².